The number of thioether (sulfide) groups is 1. The molecule has 5 rings (SSSR count). The molecule has 0 spiro atoms. The van der Waals surface area contributed by atoms with E-state index in [1.165, 1.54) is 4.90 Å². The lowest BCUT2D eigenvalue weighted by Gasteiger charge is -2.33. The fourth-order valence-electron chi connectivity index (χ4n) is 9.32. The van der Waals surface area contributed by atoms with Crippen molar-refractivity contribution in [3.63, 3.8) is 0 Å². The maximum atomic E-state index is 13.8. The van der Waals surface area contributed by atoms with Gasteiger partial charge < -0.3 is 25.0 Å². The van der Waals surface area contributed by atoms with Crippen LogP contribution in [0, 0.1) is 29.6 Å². The smallest absolute Gasteiger partial charge is 0.341 e. The minimum atomic E-state index is -1.01. The maximum absolute atomic E-state index is 13.8. The zero-order valence-electron chi connectivity index (χ0n) is 32.3. The third-order valence-electron chi connectivity index (χ3n) is 12.4. The molecule has 1 saturated heterocycles. The van der Waals surface area contributed by atoms with Crippen LogP contribution in [0.2, 0.25) is 0 Å². The van der Waals surface area contributed by atoms with E-state index in [0.717, 1.165) is 100 Å². The number of hydrogen-bond donors (Lipinski definition) is 3. The third kappa shape index (κ3) is 11.2. The van der Waals surface area contributed by atoms with Crippen molar-refractivity contribution in [3.05, 3.63) is 29.3 Å². The number of benzene rings is 1. The number of likely N-dealkylation sites (tertiary alicyclic amines) is 1. The van der Waals surface area contributed by atoms with Gasteiger partial charge in [-0.1, -0.05) is 57.6 Å². The molecule has 11 nitrogen and oxygen atoms in total. The number of ether oxygens (including phenoxy) is 2. The molecule has 3 aliphatic carbocycles. The van der Waals surface area contributed by atoms with Gasteiger partial charge in [-0.05, 0) is 111 Å². The van der Waals surface area contributed by atoms with Crippen LogP contribution < -0.4 is 10.1 Å². The van der Waals surface area contributed by atoms with Crippen molar-refractivity contribution in [2.75, 3.05) is 26.0 Å². The van der Waals surface area contributed by atoms with Gasteiger partial charge in [0.25, 0.3) is 0 Å². The Morgan fingerprint density at radius 3 is 2.50 bits per heavy atom. The molecule has 8 atom stereocenters. The van der Waals surface area contributed by atoms with Crippen molar-refractivity contribution in [2.45, 2.75) is 140 Å². The summed E-state index contributed by atoms with van der Waals surface area (Å²) >= 11 is 1.56. The Hall–Kier alpha value is -3.12. The summed E-state index contributed by atoms with van der Waals surface area (Å²) in [6.07, 6.45) is 14.1. The van der Waals surface area contributed by atoms with Crippen LogP contribution >= 0.6 is 11.8 Å². The number of aliphatic hydroxyl groups is 1. The van der Waals surface area contributed by atoms with Crippen molar-refractivity contribution in [1.82, 2.24) is 10.2 Å². The first-order chi connectivity index (χ1) is 26.1. The quantitative estimate of drug-likeness (QED) is 0.0757. The average Bonchev–Trinajstić information content (AvgIpc) is 3.60. The van der Waals surface area contributed by atoms with Gasteiger partial charge in [0.1, 0.15) is 11.9 Å². The predicted molar refractivity (Wildman–Crippen MR) is 207 cm³/mol. The highest BCUT2D eigenvalue weighted by atomic mass is 32.2. The minimum absolute atomic E-state index is 0.0579. The number of aliphatic hydroxyl groups excluding tert-OH is 1. The van der Waals surface area contributed by atoms with E-state index in [-0.39, 0.29) is 59.4 Å². The van der Waals surface area contributed by atoms with Crippen LogP contribution in [-0.2, 0) is 41.6 Å². The van der Waals surface area contributed by atoms with Crippen LogP contribution in [0.15, 0.2) is 18.2 Å². The zero-order chi connectivity index (χ0) is 38.6. The van der Waals surface area contributed by atoms with E-state index < -0.39 is 18.0 Å². The van der Waals surface area contributed by atoms with Gasteiger partial charge in [-0.2, -0.15) is 0 Å². The molecule has 54 heavy (non-hydrogen) atoms. The largest absolute Gasteiger partial charge is 0.482 e. The van der Waals surface area contributed by atoms with Crippen molar-refractivity contribution in [1.29, 1.82) is 0 Å². The van der Waals surface area contributed by atoms with Crippen LogP contribution in [0.3, 0.4) is 0 Å². The summed E-state index contributed by atoms with van der Waals surface area (Å²) < 4.78 is 11.9. The molecular formula is C42H62N2O9S. The Kier molecular flexibility index (Phi) is 16.1. The first-order valence-electron chi connectivity index (χ1n) is 20.6. The zero-order valence-corrected chi connectivity index (χ0v) is 33.1. The number of nitrogens with one attached hydrogen (secondary N) is 1. The first kappa shape index (κ1) is 42.0. The SMILES string of the molecule is CCCCC[C@@H](CC[C@@H]1[C@H]2Cc3cccc(OCC(=O)O)c3C[C@H]2C[C@H]1O)OC(=O)C1CCCCC1C(=O)NCCCCCCSC1CC(=O)N(C)C1=O. The van der Waals surface area contributed by atoms with E-state index in [2.05, 4.69) is 18.3 Å². The summed E-state index contributed by atoms with van der Waals surface area (Å²) in [5.41, 5.74) is 2.22. The standard InChI is InChI=1S/C42H62N2O9S/c1-3-4-7-14-29(18-19-30-33-22-27-13-12-17-36(52-26-39(47)48)34(27)23-28(33)24-35(30)45)53-42(51)32-16-9-8-15-31(32)40(49)43-20-10-5-6-11-21-54-37-25-38(46)44(2)41(37)50/h12-13,17,28-33,35,37,45H,3-11,14-16,18-26H2,1-2H3,(H,43,49)(H,47,48)/t28-,29-,30+,31?,32?,33-,35+,37?/m0/s1. The highest BCUT2D eigenvalue weighted by Gasteiger charge is 2.45. The van der Waals surface area contributed by atoms with Crippen LogP contribution in [-0.4, -0.2) is 88.2 Å². The number of aliphatic carboxylic acids is 1. The molecule has 1 aromatic rings. The first-order valence-corrected chi connectivity index (χ1v) is 21.7. The van der Waals surface area contributed by atoms with Crippen LogP contribution in [0.1, 0.15) is 121 Å². The van der Waals surface area contributed by atoms with Crippen LogP contribution in [0.4, 0.5) is 0 Å². The normalized spacial score (nSPS) is 26.9. The van der Waals surface area contributed by atoms with E-state index in [0.29, 0.717) is 50.3 Å². The van der Waals surface area contributed by atoms with E-state index in [4.69, 9.17) is 14.6 Å². The number of nitrogens with zero attached hydrogens (tertiary/aromatic N) is 1. The molecule has 3 unspecified atom stereocenters. The highest BCUT2D eigenvalue weighted by Crippen LogP contribution is 2.48. The fourth-order valence-corrected chi connectivity index (χ4v) is 10.5. The number of carbonyl (C=O) groups is 5. The van der Waals surface area contributed by atoms with Crippen molar-refractivity contribution in [2.24, 2.45) is 29.6 Å². The van der Waals surface area contributed by atoms with Crippen molar-refractivity contribution in [3.8, 4) is 5.75 Å². The summed E-state index contributed by atoms with van der Waals surface area (Å²) in [5, 5.41) is 23.2. The molecule has 12 heteroatoms. The summed E-state index contributed by atoms with van der Waals surface area (Å²) in [4.78, 5) is 63.3. The van der Waals surface area contributed by atoms with Gasteiger partial charge in [0.2, 0.25) is 17.7 Å². The average molecular weight is 771 g/mol. The second kappa shape index (κ2) is 20.7. The lowest BCUT2D eigenvalue weighted by molar-refractivity contribution is -0.160. The molecule has 3 fully saturated rings. The summed E-state index contributed by atoms with van der Waals surface area (Å²) in [6.45, 7) is 2.34. The number of fused-ring (bicyclic) bond motifs is 2. The second-order valence-electron chi connectivity index (χ2n) is 16.1. The molecule has 300 valence electrons. The van der Waals surface area contributed by atoms with Gasteiger partial charge in [0.05, 0.1) is 23.2 Å². The van der Waals surface area contributed by atoms with Gasteiger partial charge in [0, 0.05) is 20.0 Å². The summed E-state index contributed by atoms with van der Waals surface area (Å²) in [5.74, 6) is -0.206. The van der Waals surface area contributed by atoms with Gasteiger partial charge in [-0.25, -0.2) is 4.79 Å². The Morgan fingerprint density at radius 1 is 0.981 bits per heavy atom. The molecule has 0 radical (unpaired) electrons. The molecule has 1 aromatic carbocycles. The number of rotatable bonds is 21. The Balaban J connectivity index is 1.08. The Morgan fingerprint density at radius 2 is 1.76 bits per heavy atom. The maximum Gasteiger partial charge on any atom is 0.341 e. The third-order valence-corrected chi connectivity index (χ3v) is 13.7. The van der Waals surface area contributed by atoms with Gasteiger partial charge in [0.15, 0.2) is 6.61 Å². The van der Waals surface area contributed by atoms with Crippen molar-refractivity contribution < 1.29 is 43.7 Å². The van der Waals surface area contributed by atoms with E-state index in [1.807, 2.05) is 12.1 Å². The summed E-state index contributed by atoms with van der Waals surface area (Å²) in [6, 6.07) is 5.83. The van der Waals surface area contributed by atoms with E-state index in [1.54, 1.807) is 18.8 Å². The molecule has 3 N–H and O–H groups in total. The van der Waals surface area contributed by atoms with Crippen molar-refractivity contribution >= 4 is 41.4 Å². The molecular weight excluding hydrogens is 709 g/mol. The van der Waals surface area contributed by atoms with E-state index in [9.17, 15) is 29.1 Å². The van der Waals surface area contributed by atoms with Crippen LogP contribution in [0.5, 0.6) is 5.75 Å². The number of imide groups is 1. The number of carbonyl (C=O) groups excluding carboxylic acids is 4. The molecule has 0 aromatic heterocycles. The molecule has 3 amide bonds. The molecule has 1 aliphatic heterocycles. The molecule has 1 heterocycles. The number of carboxylic acids is 1. The monoisotopic (exact) mass is 770 g/mol. The number of carboxylic acid groups (broad SMARTS) is 1. The number of unbranched alkanes of at least 4 members (excludes halogenated alkanes) is 5. The number of hydrogen-bond acceptors (Lipinski definition) is 9. The predicted octanol–water partition coefficient (Wildman–Crippen LogP) is 6.11. The molecule has 2 saturated carbocycles. The Labute approximate surface area is 325 Å². The van der Waals surface area contributed by atoms with Gasteiger partial charge in [-0.15, -0.1) is 11.8 Å². The molecule has 4 aliphatic rings. The summed E-state index contributed by atoms with van der Waals surface area (Å²) in [7, 11) is 1.54. The van der Waals surface area contributed by atoms with Crippen LogP contribution in [0.25, 0.3) is 0 Å². The minimum Gasteiger partial charge on any atom is -0.482 e. The lowest BCUT2D eigenvalue weighted by atomic mass is 9.73. The Bertz CT molecular complexity index is 1450. The van der Waals surface area contributed by atoms with Gasteiger partial charge >= 0.3 is 11.9 Å². The second-order valence-corrected chi connectivity index (χ2v) is 17.4. The topological polar surface area (TPSA) is 160 Å². The number of amides is 3. The lowest BCUT2D eigenvalue weighted by Crippen LogP contribution is -2.41. The molecule has 0 bridgehead atoms. The number of esters is 1. The van der Waals surface area contributed by atoms with Gasteiger partial charge in [-0.3, -0.25) is 24.1 Å². The highest BCUT2D eigenvalue weighted by molar-refractivity contribution is 8.00. The fraction of sp³-hybridized carbons (Fsp3) is 0.738. The van der Waals surface area contributed by atoms with E-state index >= 15 is 0 Å².